The fourth-order valence-electron chi connectivity index (χ4n) is 1.99. The lowest BCUT2D eigenvalue weighted by Crippen LogP contribution is -2.20. The van der Waals surface area contributed by atoms with Crippen molar-refractivity contribution in [3.63, 3.8) is 0 Å². The molecule has 1 aliphatic rings. The number of carbonyl (C=O) groups excluding carboxylic acids is 1. The highest BCUT2D eigenvalue weighted by atomic mass is 19.4. The van der Waals surface area contributed by atoms with Crippen molar-refractivity contribution in [3.05, 3.63) is 11.6 Å². The molecule has 1 aliphatic carbocycles. The summed E-state index contributed by atoms with van der Waals surface area (Å²) in [5.74, 6) is -0.722. The van der Waals surface area contributed by atoms with E-state index in [1.165, 1.54) is 6.08 Å². The minimum atomic E-state index is -4.41. The molecule has 0 saturated heterocycles. The van der Waals surface area contributed by atoms with Gasteiger partial charge in [0.05, 0.1) is 5.57 Å². The Morgan fingerprint density at radius 2 is 1.88 bits per heavy atom. The highest BCUT2D eigenvalue weighted by Crippen LogP contribution is 2.31. The van der Waals surface area contributed by atoms with E-state index in [1.807, 2.05) is 0 Å². The van der Waals surface area contributed by atoms with Crippen LogP contribution in [0.2, 0.25) is 0 Å². The van der Waals surface area contributed by atoms with E-state index in [9.17, 15) is 18.0 Å². The number of rotatable bonds is 3. The molecule has 0 radical (unpaired) electrons. The van der Waals surface area contributed by atoms with E-state index in [0.717, 1.165) is 39.0 Å². The highest BCUT2D eigenvalue weighted by Gasteiger charge is 2.34. The maximum absolute atomic E-state index is 12.7. The number of esters is 1. The Hall–Kier alpha value is -1.00. The Balaban J connectivity index is 2.67. The zero-order chi connectivity index (χ0) is 12.9. The van der Waals surface area contributed by atoms with E-state index in [0.29, 0.717) is 0 Å². The molecule has 0 bridgehead atoms. The summed E-state index contributed by atoms with van der Waals surface area (Å²) in [7, 11) is 0. The molecule has 1 fully saturated rings. The van der Waals surface area contributed by atoms with Gasteiger partial charge in [-0.3, -0.25) is 4.79 Å². The van der Waals surface area contributed by atoms with Crippen LogP contribution in [0.3, 0.4) is 0 Å². The number of halogens is 3. The molecule has 0 unspecified atom stereocenters. The third-order valence-corrected chi connectivity index (χ3v) is 2.88. The first-order valence-corrected chi connectivity index (χ1v) is 5.81. The molecular formula is C12H17F3O2. The van der Waals surface area contributed by atoms with Crippen LogP contribution in [0.25, 0.3) is 0 Å². The van der Waals surface area contributed by atoms with Gasteiger partial charge >= 0.3 is 12.1 Å². The van der Waals surface area contributed by atoms with Crippen LogP contribution in [-0.2, 0) is 9.53 Å². The van der Waals surface area contributed by atoms with Gasteiger partial charge in [0.2, 0.25) is 0 Å². The molecule has 0 aromatic carbocycles. The van der Waals surface area contributed by atoms with Gasteiger partial charge in [-0.15, -0.1) is 0 Å². The van der Waals surface area contributed by atoms with Crippen molar-refractivity contribution in [2.75, 3.05) is 6.61 Å². The van der Waals surface area contributed by atoms with Crippen LogP contribution in [0.5, 0.6) is 0 Å². The summed E-state index contributed by atoms with van der Waals surface area (Å²) < 4.78 is 42.4. The second kappa shape index (κ2) is 6.07. The van der Waals surface area contributed by atoms with Gasteiger partial charge in [-0.25, -0.2) is 0 Å². The van der Waals surface area contributed by atoms with E-state index in [2.05, 4.69) is 4.74 Å². The fraction of sp³-hybridized carbons (Fsp3) is 0.750. The highest BCUT2D eigenvalue weighted by molar-refractivity contribution is 5.66. The monoisotopic (exact) mass is 250 g/mol. The number of allylic oxidation sites excluding steroid dienone is 1. The molecule has 0 aromatic rings. The van der Waals surface area contributed by atoms with Gasteiger partial charge in [-0.05, 0) is 18.8 Å². The second-order valence-electron chi connectivity index (χ2n) is 4.37. The molecule has 1 rings (SSSR count). The Morgan fingerprint density at radius 3 is 2.35 bits per heavy atom. The Morgan fingerprint density at radius 1 is 1.29 bits per heavy atom. The minimum absolute atomic E-state index is 0.0315. The summed E-state index contributed by atoms with van der Waals surface area (Å²) in [6.07, 6.45) is 1.45. The lowest BCUT2D eigenvalue weighted by molar-refractivity contribution is -0.143. The van der Waals surface area contributed by atoms with Gasteiger partial charge in [0.25, 0.3) is 0 Å². The van der Waals surface area contributed by atoms with Gasteiger partial charge < -0.3 is 4.74 Å². The second-order valence-corrected chi connectivity index (χ2v) is 4.37. The van der Waals surface area contributed by atoms with Crippen molar-refractivity contribution in [1.29, 1.82) is 0 Å². The van der Waals surface area contributed by atoms with E-state index in [-0.39, 0.29) is 5.92 Å². The van der Waals surface area contributed by atoms with Crippen molar-refractivity contribution in [3.8, 4) is 0 Å². The standard InChI is InChI=1S/C12H17F3O2/c1-9(16)17-8-11(12(13,14)15)7-10-5-3-2-4-6-10/h7,10H,2-6,8H2,1H3/b11-7+. The van der Waals surface area contributed by atoms with Gasteiger partial charge in [-0.2, -0.15) is 13.2 Å². The summed E-state index contributed by atoms with van der Waals surface area (Å²) in [4.78, 5) is 10.6. The van der Waals surface area contributed by atoms with Crippen molar-refractivity contribution < 1.29 is 22.7 Å². The fourth-order valence-corrected chi connectivity index (χ4v) is 1.99. The van der Waals surface area contributed by atoms with Gasteiger partial charge in [0.15, 0.2) is 0 Å². The molecule has 0 spiro atoms. The van der Waals surface area contributed by atoms with E-state index in [4.69, 9.17) is 0 Å². The van der Waals surface area contributed by atoms with Crippen LogP contribution in [-0.4, -0.2) is 18.8 Å². The topological polar surface area (TPSA) is 26.3 Å². The predicted octanol–water partition coefficient (Wildman–Crippen LogP) is 3.62. The largest absolute Gasteiger partial charge is 0.461 e. The van der Waals surface area contributed by atoms with Crippen LogP contribution < -0.4 is 0 Å². The van der Waals surface area contributed by atoms with Gasteiger partial charge in [0, 0.05) is 6.92 Å². The minimum Gasteiger partial charge on any atom is -0.461 e. The molecule has 98 valence electrons. The zero-order valence-electron chi connectivity index (χ0n) is 9.85. The maximum atomic E-state index is 12.7. The molecule has 0 amide bonds. The SMILES string of the molecule is CC(=O)OC/C(=C\C1CCCCC1)C(F)(F)F. The molecule has 0 N–H and O–H groups in total. The van der Waals surface area contributed by atoms with Crippen LogP contribution in [0.4, 0.5) is 13.2 Å². The van der Waals surface area contributed by atoms with Gasteiger partial charge in [-0.1, -0.05) is 25.3 Å². The van der Waals surface area contributed by atoms with Crippen molar-refractivity contribution in [1.82, 2.24) is 0 Å². The molecule has 0 aliphatic heterocycles. The Labute approximate surface area is 98.8 Å². The van der Waals surface area contributed by atoms with Gasteiger partial charge in [0.1, 0.15) is 6.61 Å². The summed E-state index contributed by atoms with van der Waals surface area (Å²) in [6.45, 7) is 0.434. The lowest BCUT2D eigenvalue weighted by atomic mass is 9.88. The lowest BCUT2D eigenvalue weighted by Gasteiger charge is -2.20. The molecule has 1 saturated carbocycles. The summed E-state index contributed by atoms with van der Waals surface area (Å²) in [6, 6.07) is 0. The third-order valence-electron chi connectivity index (χ3n) is 2.88. The zero-order valence-corrected chi connectivity index (χ0v) is 9.85. The number of hydrogen-bond donors (Lipinski definition) is 0. The first kappa shape index (κ1) is 14.1. The maximum Gasteiger partial charge on any atom is 0.415 e. The molecule has 2 nitrogen and oxygen atoms in total. The number of alkyl halides is 3. The number of hydrogen-bond acceptors (Lipinski definition) is 2. The number of carbonyl (C=O) groups is 1. The van der Waals surface area contributed by atoms with Crippen LogP contribution in [0.15, 0.2) is 11.6 Å². The Bertz CT molecular complexity index is 289. The van der Waals surface area contributed by atoms with Crippen molar-refractivity contribution in [2.45, 2.75) is 45.2 Å². The molecule has 5 heteroatoms. The smallest absolute Gasteiger partial charge is 0.415 e. The van der Waals surface area contributed by atoms with Crippen molar-refractivity contribution >= 4 is 5.97 Å². The van der Waals surface area contributed by atoms with Crippen LogP contribution in [0.1, 0.15) is 39.0 Å². The summed E-state index contributed by atoms with van der Waals surface area (Å²) in [5, 5.41) is 0. The quantitative estimate of drug-likeness (QED) is 0.565. The van der Waals surface area contributed by atoms with E-state index >= 15 is 0 Å². The van der Waals surface area contributed by atoms with Crippen LogP contribution >= 0.6 is 0 Å². The molecular weight excluding hydrogens is 233 g/mol. The first-order chi connectivity index (χ1) is 7.89. The summed E-state index contributed by atoms with van der Waals surface area (Å²) >= 11 is 0. The predicted molar refractivity (Wildman–Crippen MR) is 57.3 cm³/mol. The Kier molecular flexibility index (Phi) is 5.02. The average molecular weight is 250 g/mol. The van der Waals surface area contributed by atoms with E-state index < -0.39 is 24.3 Å². The molecule has 0 heterocycles. The third kappa shape index (κ3) is 5.24. The molecule has 0 aromatic heterocycles. The first-order valence-electron chi connectivity index (χ1n) is 5.81. The van der Waals surface area contributed by atoms with Crippen LogP contribution in [0, 0.1) is 5.92 Å². The molecule has 17 heavy (non-hydrogen) atoms. The normalized spacial score (nSPS) is 19.2. The molecule has 0 atom stereocenters. The average Bonchev–Trinajstić information content (AvgIpc) is 2.23. The van der Waals surface area contributed by atoms with Crippen molar-refractivity contribution in [2.24, 2.45) is 5.92 Å². The van der Waals surface area contributed by atoms with E-state index in [1.54, 1.807) is 0 Å². The summed E-state index contributed by atoms with van der Waals surface area (Å²) in [5.41, 5.74) is -0.736. The number of ether oxygens (including phenoxy) is 1.